The molecule has 2 aromatic carbocycles. The van der Waals surface area contributed by atoms with Crippen molar-refractivity contribution in [1.82, 2.24) is 19.5 Å². The Labute approximate surface area is 180 Å². The Morgan fingerprint density at radius 2 is 1.84 bits per heavy atom. The van der Waals surface area contributed by atoms with Crippen LogP contribution in [0.1, 0.15) is 12.0 Å². The molecule has 1 amide bonds. The molecule has 6 nitrogen and oxygen atoms in total. The number of halogens is 3. The molecule has 0 spiro atoms. The molecule has 0 bridgehead atoms. The van der Waals surface area contributed by atoms with Gasteiger partial charge in [-0.3, -0.25) is 9.59 Å². The second-order valence-corrected chi connectivity index (χ2v) is 7.35. The molecule has 2 heterocycles. The molecule has 0 saturated heterocycles. The van der Waals surface area contributed by atoms with Gasteiger partial charge in [-0.2, -0.15) is 5.10 Å². The minimum atomic E-state index is -0.519. The van der Waals surface area contributed by atoms with E-state index in [9.17, 15) is 18.4 Å². The quantitative estimate of drug-likeness (QED) is 0.494. The second-order valence-electron chi connectivity index (χ2n) is 6.94. The van der Waals surface area contributed by atoms with Crippen LogP contribution in [0.2, 0.25) is 5.02 Å². The van der Waals surface area contributed by atoms with Crippen LogP contribution in [0.4, 0.5) is 8.78 Å². The molecule has 4 aromatic rings. The predicted octanol–water partition coefficient (Wildman–Crippen LogP) is 3.80. The molecule has 4 rings (SSSR count). The SMILES string of the molecule is O=C(CCn1ccn2nc(-c3ccc(F)cc3)cc2c1=O)NCc1ccc(F)c(Cl)c1. The van der Waals surface area contributed by atoms with Gasteiger partial charge in [-0.25, -0.2) is 13.3 Å². The lowest BCUT2D eigenvalue weighted by atomic mass is 10.1. The monoisotopic (exact) mass is 442 g/mol. The number of carbonyl (C=O) groups excluding carboxylic acids is 1. The van der Waals surface area contributed by atoms with E-state index in [1.807, 2.05) is 0 Å². The lowest BCUT2D eigenvalue weighted by molar-refractivity contribution is -0.121. The van der Waals surface area contributed by atoms with Gasteiger partial charge in [0.1, 0.15) is 17.2 Å². The van der Waals surface area contributed by atoms with Gasteiger partial charge in [0.2, 0.25) is 5.91 Å². The highest BCUT2D eigenvalue weighted by molar-refractivity contribution is 6.30. The number of amides is 1. The van der Waals surface area contributed by atoms with Gasteiger partial charge in [0.15, 0.2) is 0 Å². The third-order valence-corrected chi connectivity index (χ3v) is 5.09. The van der Waals surface area contributed by atoms with Crippen molar-refractivity contribution < 1.29 is 13.6 Å². The van der Waals surface area contributed by atoms with E-state index in [0.717, 1.165) is 0 Å². The Kier molecular flexibility index (Phi) is 5.81. The maximum atomic E-state index is 13.2. The fraction of sp³-hybridized carbons (Fsp3) is 0.136. The highest BCUT2D eigenvalue weighted by atomic mass is 35.5. The standard InChI is InChI=1S/C22H17ClF2N4O2/c23-17-11-14(1-6-18(17)25)13-26-21(30)7-8-28-9-10-29-20(22(28)31)12-19(27-29)15-2-4-16(24)5-3-15/h1-6,9-12H,7-8,13H2,(H,26,30). The minimum Gasteiger partial charge on any atom is -0.352 e. The number of hydrogen-bond donors (Lipinski definition) is 1. The molecule has 158 valence electrons. The maximum absolute atomic E-state index is 13.2. The summed E-state index contributed by atoms with van der Waals surface area (Å²) in [6.07, 6.45) is 3.27. The van der Waals surface area contributed by atoms with Gasteiger partial charge < -0.3 is 9.88 Å². The molecule has 0 atom stereocenters. The molecular formula is C22H17ClF2N4O2. The summed E-state index contributed by atoms with van der Waals surface area (Å²) < 4.78 is 29.2. The third kappa shape index (κ3) is 4.64. The van der Waals surface area contributed by atoms with Crippen molar-refractivity contribution in [3.63, 3.8) is 0 Å². The molecule has 0 aliphatic heterocycles. The fourth-order valence-electron chi connectivity index (χ4n) is 3.12. The van der Waals surface area contributed by atoms with Crippen molar-refractivity contribution in [2.24, 2.45) is 0 Å². The van der Waals surface area contributed by atoms with Crippen LogP contribution in [0.25, 0.3) is 16.8 Å². The van der Waals surface area contributed by atoms with Crippen LogP contribution in [-0.4, -0.2) is 20.1 Å². The lowest BCUT2D eigenvalue weighted by Gasteiger charge is -2.08. The molecule has 0 aliphatic rings. The topological polar surface area (TPSA) is 68.4 Å². The number of aromatic nitrogens is 3. The van der Waals surface area contributed by atoms with E-state index in [-0.39, 0.29) is 41.8 Å². The molecular weight excluding hydrogens is 426 g/mol. The van der Waals surface area contributed by atoms with Gasteiger partial charge >= 0.3 is 0 Å². The van der Waals surface area contributed by atoms with Crippen LogP contribution in [-0.2, 0) is 17.9 Å². The first-order valence-corrected chi connectivity index (χ1v) is 9.84. The van der Waals surface area contributed by atoms with Crippen LogP contribution in [0.15, 0.2) is 65.7 Å². The second kappa shape index (κ2) is 8.69. The fourth-order valence-corrected chi connectivity index (χ4v) is 3.33. The molecule has 0 fully saturated rings. The predicted molar refractivity (Wildman–Crippen MR) is 113 cm³/mol. The number of benzene rings is 2. The van der Waals surface area contributed by atoms with Crippen LogP contribution in [0.3, 0.4) is 0 Å². The van der Waals surface area contributed by atoms with Crippen molar-refractivity contribution in [1.29, 1.82) is 0 Å². The van der Waals surface area contributed by atoms with E-state index in [2.05, 4.69) is 10.4 Å². The number of aryl methyl sites for hydroxylation is 1. The van der Waals surface area contributed by atoms with Crippen LogP contribution in [0.5, 0.6) is 0 Å². The molecule has 0 saturated carbocycles. The van der Waals surface area contributed by atoms with Crippen molar-refractivity contribution in [2.75, 3.05) is 0 Å². The third-order valence-electron chi connectivity index (χ3n) is 4.80. The molecule has 9 heteroatoms. The van der Waals surface area contributed by atoms with Crippen LogP contribution >= 0.6 is 11.6 Å². The summed E-state index contributed by atoms with van der Waals surface area (Å²) in [5.74, 6) is -1.13. The van der Waals surface area contributed by atoms with Crippen molar-refractivity contribution in [3.8, 4) is 11.3 Å². The summed E-state index contributed by atoms with van der Waals surface area (Å²) in [6, 6.07) is 11.7. The van der Waals surface area contributed by atoms with Crippen LogP contribution in [0, 0.1) is 11.6 Å². The zero-order valence-electron chi connectivity index (χ0n) is 16.2. The zero-order chi connectivity index (χ0) is 22.0. The lowest BCUT2D eigenvalue weighted by Crippen LogP contribution is -2.27. The van der Waals surface area contributed by atoms with Gasteiger partial charge in [-0.1, -0.05) is 17.7 Å². The number of rotatable bonds is 6. The first kappa shape index (κ1) is 20.7. The van der Waals surface area contributed by atoms with Gasteiger partial charge in [0, 0.05) is 37.5 Å². The number of hydrogen-bond acceptors (Lipinski definition) is 3. The zero-order valence-corrected chi connectivity index (χ0v) is 16.9. The van der Waals surface area contributed by atoms with Gasteiger partial charge in [0.05, 0.1) is 10.7 Å². The molecule has 0 unspecified atom stereocenters. The van der Waals surface area contributed by atoms with Gasteiger partial charge in [-0.05, 0) is 48.0 Å². The Morgan fingerprint density at radius 1 is 1.06 bits per heavy atom. The summed E-state index contributed by atoms with van der Waals surface area (Å²) in [5, 5.41) is 7.06. The minimum absolute atomic E-state index is 0.00702. The summed E-state index contributed by atoms with van der Waals surface area (Å²) in [7, 11) is 0. The number of nitrogens with zero attached hydrogens (tertiary/aromatic N) is 3. The van der Waals surface area contributed by atoms with Crippen molar-refractivity contribution in [3.05, 3.63) is 93.5 Å². The maximum Gasteiger partial charge on any atom is 0.276 e. The summed E-state index contributed by atoms with van der Waals surface area (Å²) >= 11 is 5.73. The van der Waals surface area contributed by atoms with E-state index >= 15 is 0 Å². The molecule has 2 aromatic heterocycles. The Morgan fingerprint density at radius 3 is 2.58 bits per heavy atom. The normalized spacial score (nSPS) is 11.1. The van der Waals surface area contributed by atoms with E-state index < -0.39 is 5.82 Å². The van der Waals surface area contributed by atoms with E-state index in [0.29, 0.717) is 22.3 Å². The highest BCUT2D eigenvalue weighted by Crippen LogP contribution is 2.19. The summed E-state index contributed by atoms with van der Waals surface area (Å²) in [6.45, 7) is 0.388. The first-order valence-electron chi connectivity index (χ1n) is 9.46. The first-order chi connectivity index (χ1) is 14.9. The molecule has 1 N–H and O–H groups in total. The largest absolute Gasteiger partial charge is 0.352 e. The number of carbonyl (C=O) groups is 1. The van der Waals surface area contributed by atoms with Gasteiger partial charge in [-0.15, -0.1) is 0 Å². The summed E-state index contributed by atoms with van der Waals surface area (Å²) in [5.41, 5.74) is 1.97. The molecule has 0 aliphatic carbocycles. The van der Waals surface area contributed by atoms with Crippen molar-refractivity contribution >= 4 is 23.0 Å². The van der Waals surface area contributed by atoms with E-state index in [1.54, 1.807) is 30.6 Å². The highest BCUT2D eigenvalue weighted by Gasteiger charge is 2.11. The van der Waals surface area contributed by atoms with Gasteiger partial charge in [0.25, 0.3) is 5.56 Å². The smallest absolute Gasteiger partial charge is 0.276 e. The molecule has 0 radical (unpaired) electrons. The number of fused-ring (bicyclic) bond motifs is 1. The Bertz CT molecular complexity index is 1320. The number of nitrogens with one attached hydrogen (secondary N) is 1. The Hall–Kier alpha value is -3.52. The van der Waals surface area contributed by atoms with E-state index in [1.165, 1.54) is 39.4 Å². The molecule has 31 heavy (non-hydrogen) atoms. The Balaban J connectivity index is 1.42. The summed E-state index contributed by atoms with van der Waals surface area (Å²) in [4.78, 5) is 24.9. The average molecular weight is 443 g/mol. The van der Waals surface area contributed by atoms with Crippen molar-refractivity contribution in [2.45, 2.75) is 19.5 Å². The van der Waals surface area contributed by atoms with E-state index in [4.69, 9.17) is 11.6 Å². The average Bonchev–Trinajstić information content (AvgIpc) is 3.20. The van der Waals surface area contributed by atoms with Crippen LogP contribution < -0.4 is 10.9 Å².